The summed E-state index contributed by atoms with van der Waals surface area (Å²) < 4.78 is 0. The zero-order chi connectivity index (χ0) is 13.7. The Morgan fingerprint density at radius 1 is 1.32 bits per heavy atom. The molecule has 0 spiro atoms. The number of nitro benzene ring substituents is 1. The van der Waals surface area contributed by atoms with Crippen molar-refractivity contribution in [1.29, 1.82) is 0 Å². The maximum Gasteiger partial charge on any atom is 0.272 e. The highest BCUT2D eigenvalue weighted by Gasteiger charge is 2.12. The molecule has 100 valence electrons. The maximum absolute atomic E-state index is 10.9. The van der Waals surface area contributed by atoms with E-state index in [-0.39, 0.29) is 16.7 Å². The van der Waals surface area contributed by atoms with Crippen molar-refractivity contribution in [2.45, 2.75) is 19.4 Å². The number of nitrogens with one attached hydrogen (secondary N) is 1. The summed E-state index contributed by atoms with van der Waals surface area (Å²) in [6.45, 7) is 2.83. The van der Waals surface area contributed by atoms with Gasteiger partial charge in [0.1, 0.15) is 0 Å². The Kier molecular flexibility index (Phi) is 4.65. The molecule has 0 unspecified atom stereocenters. The van der Waals surface area contributed by atoms with Crippen LogP contribution in [0.15, 0.2) is 41.8 Å². The molecule has 19 heavy (non-hydrogen) atoms. The number of nitrogens with zero attached hydrogens (tertiary/aromatic N) is 1. The first-order valence-corrected chi connectivity index (χ1v) is 7.05. The van der Waals surface area contributed by atoms with Gasteiger partial charge in [0.15, 0.2) is 0 Å². The highest BCUT2D eigenvalue weighted by Crippen LogP contribution is 2.20. The summed E-state index contributed by atoms with van der Waals surface area (Å²) in [5.74, 6) is 0. The second-order valence-electron chi connectivity index (χ2n) is 4.33. The van der Waals surface area contributed by atoms with E-state index in [1.54, 1.807) is 23.5 Å². The first-order valence-electron chi connectivity index (χ1n) is 6.17. The molecule has 0 aliphatic carbocycles. The molecular formula is C14H16N2O2S. The normalized spacial score (nSPS) is 12.3. The fourth-order valence-electron chi connectivity index (χ4n) is 1.96. The SMILES string of the molecule is C[C@@H](NCCc1ccccc1[N+](=O)[O-])c1cccs1. The summed E-state index contributed by atoms with van der Waals surface area (Å²) in [6.07, 6.45) is 0.660. The molecule has 2 rings (SSSR count). The van der Waals surface area contributed by atoms with Crippen molar-refractivity contribution in [2.75, 3.05) is 6.54 Å². The summed E-state index contributed by atoms with van der Waals surface area (Å²) in [4.78, 5) is 11.9. The predicted molar refractivity (Wildman–Crippen MR) is 77.5 cm³/mol. The van der Waals surface area contributed by atoms with Gasteiger partial charge in [-0.05, 0) is 24.8 Å². The van der Waals surface area contributed by atoms with Crippen LogP contribution in [0.1, 0.15) is 23.4 Å². The van der Waals surface area contributed by atoms with E-state index >= 15 is 0 Å². The molecule has 0 aliphatic heterocycles. The van der Waals surface area contributed by atoms with Gasteiger partial charge in [-0.25, -0.2) is 0 Å². The summed E-state index contributed by atoms with van der Waals surface area (Å²) in [7, 11) is 0. The minimum absolute atomic E-state index is 0.202. The molecule has 1 aromatic carbocycles. The number of thiophene rings is 1. The van der Waals surface area contributed by atoms with Gasteiger partial charge in [0, 0.05) is 29.1 Å². The van der Waals surface area contributed by atoms with E-state index in [1.165, 1.54) is 4.88 Å². The van der Waals surface area contributed by atoms with Gasteiger partial charge in [0.2, 0.25) is 0 Å². The summed E-state index contributed by atoms with van der Waals surface area (Å²) >= 11 is 1.71. The Labute approximate surface area is 116 Å². The quantitative estimate of drug-likeness (QED) is 0.648. The standard InChI is InChI=1S/C14H16N2O2S/c1-11(14-7-4-10-19-14)15-9-8-12-5-2-3-6-13(12)16(17)18/h2-7,10-11,15H,8-9H2,1H3/t11-/m1/s1. The summed E-state index contributed by atoms with van der Waals surface area (Å²) in [5.41, 5.74) is 0.978. The molecule has 1 aromatic heterocycles. The predicted octanol–water partition coefficient (Wildman–Crippen LogP) is 3.55. The average Bonchev–Trinajstić information content (AvgIpc) is 2.93. The van der Waals surface area contributed by atoms with E-state index < -0.39 is 0 Å². The van der Waals surface area contributed by atoms with Gasteiger partial charge in [-0.2, -0.15) is 0 Å². The van der Waals surface area contributed by atoms with Crippen LogP contribution < -0.4 is 5.32 Å². The van der Waals surface area contributed by atoms with Crippen LogP contribution in [0.2, 0.25) is 0 Å². The Balaban J connectivity index is 1.91. The van der Waals surface area contributed by atoms with Gasteiger partial charge in [-0.15, -0.1) is 11.3 Å². The fraction of sp³-hybridized carbons (Fsp3) is 0.286. The monoisotopic (exact) mass is 276 g/mol. The largest absolute Gasteiger partial charge is 0.309 e. The first kappa shape index (κ1) is 13.7. The molecule has 0 aliphatic rings. The van der Waals surface area contributed by atoms with Crippen molar-refractivity contribution in [1.82, 2.24) is 5.32 Å². The topological polar surface area (TPSA) is 55.2 Å². The lowest BCUT2D eigenvalue weighted by atomic mass is 10.1. The molecule has 1 atom stereocenters. The molecule has 5 heteroatoms. The third-order valence-electron chi connectivity index (χ3n) is 3.00. The molecule has 0 amide bonds. The third-order valence-corrected chi connectivity index (χ3v) is 4.06. The minimum atomic E-state index is -0.321. The Hall–Kier alpha value is -1.72. The maximum atomic E-state index is 10.9. The molecule has 0 bridgehead atoms. The van der Waals surface area contributed by atoms with Crippen LogP contribution in [0.25, 0.3) is 0 Å². The molecule has 0 radical (unpaired) electrons. The summed E-state index contributed by atoms with van der Waals surface area (Å²) in [6, 6.07) is 11.3. The van der Waals surface area contributed by atoms with E-state index in [1.807, 2.05) is 18.2 Å². The number of hydrogen-bond donors (Lipinski definition) is 1. The average molecular weight is 276 g/mol. The second-order valence-corrected chi connectivity index (χ2v) is 5.31. The Bertz CT molecular complexity index is 540. The van der Waals surface area contributed by atoms with Gasteiger partial charge in [0.05, 0.1) is 4.92 Å². The lowest BCUT2D eigenvalue weighted by Crippen LogP contribution is -2.20. The van der Waals surface area contributed by atoms with Crippen LogP contribution in [0.3, 0.4) is 0 Å². The number of nitro groups is 1. The van der Waals surface area contributed by atoms with Crippen molar-refractivity contribution in [3.63, 3.8) is 0 Å². The van der Waals surface area contributed by atoms with Gasteiger partial charge >= 0.3 is 0 Å². The zero-order valence-corrected chi connectivity index (χ0v) is 11.5. The molecule has 4 nitrogen and oxygen atoms in total. The number of para-hydroxylation sites is 1. The van der Waals surface area contributed by atoms with Crippen molar-refractivity contribution >= 4 is 17.0 Å². The van der Waals surface area contributed by atoms with E-state index in [9.17, 15) is 10.1 Å². The summed E-state index contributed by atoms with van der Waals surface area (Å²) in [5, 5.41) is 16.3. The first-order chi connectivity index (χ1) is 9.18. The highest BCUT2D eigenvalue weighted by molar-refractivity contribution is 7.10. The van der Waals surface area contributed by atoms with Crippen LogP contribution in [0.4, 0.5) is 5.69 Å². The molecule has 0 saturated carbocycles. The van der Waals surface area contributed by atoms with Gasteiger partial charge < -0.3 is 5.32 Å². The lowest BCUT2D eigenvalue weighted by Gasteiger charge is -2.11. The van der Waals surface area contributed by atoms with Crippen molar-refractivity contribution < 1.29 is 4.92 Å². The van der Waals surface area contributed by atoms with Crippen LogP contribution in [0, 0.1) is 10.1 Å². The number of benzene rings is 1. The molecule has 1 heterocycles. The number of rotatable bonds is 6. The van der Waals surface area contributed by atoms with Crippen molar-refractivity contribution in [3.8, 4) is 0 Å². The van der Waals surface area contributed by atoms with Gasteiger partial charge in [-0.1, -0.05) is 24.3 Å². The molecule has 1 N–H and O–H groups in total. The van der Waals surface area contributed by atoms with Crippen LogP contribution in [0.5, 0.6) is 0 Å². The van der Waals surface area contributed by atoms with E-state index in [0.29, 0.717) is 6.42 Å². The van der Waals surface area contributed by atoms with Gasteiger partial charge in [0.25, 0.3) is 5.69 Å². The van der Waals surface area contributed by atoms with E-state index in [4.69, 9.17) is 0 Å². The molecule has 0 fully saturated rings. The van der Waals surface area contributed by atoms with Crippen LogP contribution in [-0.4, -0.2) is 11.5 Å². The molecular weight excluding hydrogens is 260 g/mol. The third kappa shape index (κ3) is 3.62. The van der Waals surface area contributed by atoms with Gasteiger partial charge in [-0.3, -0.25) is 10.1 Å². The molecule has 2 aromatic rings. The zero-order valence-electron chi connectivity index (χ0n) is 10.7. The van der Waals surface area contributed by atoms with Crippen LogP contribution >= 0.6 is 11.3 Å². The Morgan fingerprint density at radius 3 is 2.79 bits per heavy atom. The van der Waals surface area contributed by atoms with Crippen molar-refractivity contribution in [3.05, 3.63) is 62.3 Å². The highest BCUT2D eigenvalue weighted by atomic mass is 32.1. The second kappa shape index (κ2) is 6.45. The minimum Gasteiger partial charge on any atom is -0.309 e. The lowest BCUT2D eigenvalue weighted by molar-refractivity contribution is -0.385. The fourth-order valence-corrected chi connectivity index (χ4v) is 2.72. The van der Waals surface area contributed by atoms with Crippen LogP contribution in [-0.2, 0) is 6.42 Å². The van der Waals surface area contributed by atoms with Crippen molar-refractivity contribution in [2.24, 2.45) is 0 Å². The Morgan fingerprint density at radius 2 is 2.11 bits per heavy atom. The van der Waals surface area contributed by atoms with E-state index in [0.717, 1.165) is 12.1 Å². The number of hydrogen-bond acceptors (Lipinski definition) is 4. The smallest absolute Gasteiger partial charge is 0.272 e. The molecule has 0 saturated heterocycles. The van der Waals surface area contributed by atoms with E-state index in [2.05, 4.69) is 23.7 Å².